The molecule has 1 aromatic carbocycles. The fourth-order valence-electron chi connectivity index (χ4n) is 2.57. The van der Waals surface area contributed by atoms with Crippen LogP contribution in [0.4, 0.5) is 0 Å². The number of nitrogens with one attached hydrogen (secondary N) is 1. The third-order valence-corrected chi connectivity index (χ3v) is 4.88. The van der Waals surface area contributed by atoms with Gasteiger partial charge in [0.1, 0.15) is 5.01 Å². The third-order valence-electron chi connectivity index (χ3n) is 3.66. The Balaban J connectivity index is 1.60. The van der Waals surface area contributed by atoms with Crippen molar-refractivity contribution in [3.05, 3.63) is 29.3 Å². The lowest BCUT2D eigenvalue weighted by Crippen LogP contribution is -2.46. The van der Waals surface area contributed by atoms with Crippen molar-refractivity contribution in [1.29, 1.82) is 0 Å². The minimum atomic E-state index is 0.324. The summed E-state index contributed by atoms with van der Waals surface area (Å²) in [6.45, 7) is 5.08. The normalized spacial score (nSPS) is 24.3. The zero-order valence-corrected chi connectivity index (χ0v) is 12.2. The lowest BCUT2D eigenvalue weighted by atomic mass is 9.88. The molecule has 3 nitrogen and oxygen atoms in total. The van der Waals surface area contributed by atoms with Gasteiger partial charge < -0.3 is 10.1 Å². The number of thiazole rings is 1. The van der Waals surface area contributed by atoms with Gasteiger partial charge in [-0.05, 0) is 38.8 Å². The molecule has 3 rings (SSSR count). The van der Waals surface area contributed by atoms with Crippen LogP contribution >= 0.6 is 11.3 Å². The van der Waals surface area contributed by atoms with E-state index in [-0.39, 0.29) is 0 Å². The standard InChI is InChI=1S/C15H20N2OS/c1-3-18-12-8-11(9-12)16-10(2)15-17-13-6-4-5-7-14(13)19-15/h4-7,10-12,16H,3,8-9H2,1-2H3. The maximum atomic E-state index is 5.59. The molecule has 1 aromatic heterocycles. The first-order valence-corrected chi connectivity index (χ1v) is 7.81. The van der Waals surface area contributed by atoms with Crippen LogP contribution in [-0.4, -0.2) is 23.7 Å². The van der Waals surface area contributed by atoms with E-state index in [1.807, 2.05) is 6.07 Å². The molecule has 102 valence electrons. The highest BCUT2D eigenvalue weighted by molar-refractivity contribution is 7.18. The summed E-state index contributed by atoms with van der Waals surface area (Å²) in [5, 5.41) is 4.83. The van der Waals surface area contributed by atoms with Crippen molar-refractivity contribution >= 4 is 21.6 Å². The Hall–Kier alpha value is -0.970. The lowest BCUT2D eigenvalue weighted by molar-refractivity contribution is -0.0120. The Kier molecular flexibility index (Phi) is 3.82. The molecule has 4 heteroatoms. The minimum absolute atomic E-state index is 0.324. The van der Waals surface area contributed by atoms with Crippen molar-refractivity contribution in [2.75, 3.05) is 6.61 Å². The van der Waals surface area contributed by atoms with Crippen LogP contribution in [0.5, 0.6) is 0 Å². The van der Waals surface area contributed by atoms with Gasteiger partial charge in [-0.1, -0.05) is 12.1 Å². The summed E-state index contributed by atoms with van der Waals surface area (Å²) in [5.41, 5.74) is 1.11. The van der Waals surface area contributed by atoms with Crippen LogP contribution in [0.3, 0.4) is 0 Å². The average Bonchev–Trinajstić information content (AvgIpc) is 2.80. The van der Waals surface area contributed by atoms with E-state index >= 15 is 0 Å². The largest absolute Gasteiger partial charge is 0.378 e. The van der Waals surface area contributed by atoms with E-state index < -0.39 is 0 Å². The molecule has 0 bridgehead atoms. The minimum Gasteiger partial charge on any atom is -0.378 e. The first-order chi connectivity index (χ1) is 9.26. The summed E-state index contributed by atoms with van der Waals surface area (Å²) in [6.07, 6.45) is 2.72. The molecule has 1 aliphatic rings. The molecule has 1 aliphatic carbocycles. The highest BCUT2D eigenvalue weighted by Gasteiger charge is 2.30. The van der Waals surface area contributed by atoms with E-state index in [4.69, 9.17) is 9.72 Å². The predicted octanol–water partition coefficient (Wildman–Crippen LogP) is 3.51. The molecule has 0 radical (unpaired) electrons. The summed E-state index contributed by atoms with van der Waals surface area (Å²) in [6, 6.07) is 9.24. The molecule has 19 heavy (non-hydrogen) atoms. The molecular weight excluding hydrogens is 256 g/mol. The summed E-state index contributed by atoms with van der Waals surface area (Å²) in [5.74, 6) is 0. The predicted molar refractivity (Wildman–Crippen MR) is 79.6 cm³/mol. The van der Waals surface area contributed by atoms with Gasteiger partial charge in [0, 0.05) is 12.6 Å². The smallest absolute Gasteiger partial charge is 0.111 e. The van der Waals surface area contributed by atoms with Gasteiger partial charge in [-0.3, -0.25) is 0 Å². The van der Waals surface area contributed by atoms with E-state index in [0.29, 0.717) is 18.2 Å². The second-order valence-electron chi connectivity index (χ2n) is 5.15. The number of ether oxygens (including phenoxy) is 1. The third kappa shape index (κ3) is 2.81. The monoisotopic (exact) mass is 276 g/mol. The van der Waals surface area contributed by atoms with E-state index in [9.17, 15) is 0 Å². The Labute approximate surface area is 118 Å². The number of aromatic nitrogens is 1. The quantitative estimate of drug-likeness (QED) is 0.907. The van der Waals surface area contributed by atoms with Crippen LogP contribution < -0.4 is 5.32 Å². The SMILES string of the molecule is CCOC1CC(NC(C)c2nc3ccccc3s2)C1. The first-order valence-electron chi connectivity index (χ1n) is 6.99. The average molecular weight is 276 g/mol. The number of para-hydroxylation sites is 1. The number of hydrogen-bond donors (Lipinski definition) is 1. The topological polar surface area (TPSA) is 34.1 Å². The molecule has 0 saturated heterocycles. The fourth-order valence-corrected chi connectivity index (χ4v) is 3.55. The zero-order valence-electron chi connectivity index (χ0n) is 11.4. The highest BCUT2D eigenvalue weighted by Crippen LogP contribution is 2.29. The van der Waals surface area contributed by atoms with Crippen molar-refractivity contribution in [1.82, 2.24) is 10.3 Å². The Morgan fingerprint density at radius 1 is 1.42 bits per heavy atom. The second-order valence-corrected chi connectivity index (χ2v) is 6.22. The van der Waals surface area contributed by atoms with E-state index in [1.54, 1.807) is 11.3 Å². The highest BCUT2D eigenvalue weighted by atomic mass is 32.1. The number of rotatable bonds is 5. The molecule has 1 saturated carbocycles. The van der Waals surface area contributed by atoms with Crippen LogP contribution in [0.25, 0.3) is 10.2 Å². The van der Waals surface area contributed by atoms with Gasteiger partial charge in [0.05, 0.1) is 22.4 Å². The Morgan fingerprint density at radius 2 is 2.21 bits per heavy atom. The maximum Gasteiger partial charge on any atom is 0.111 e. The van der Waals surface area contributed by atoms with Gasteiger partial charge in [-0.25, -0.2) is 4.98 Å². The number of nitrogens with zero attached hydrogens (tertiary/aromatic N) is 1. The Morgan fingerprint density at radius 3 is 2.95 bits per heavy atom. The molecule has 0 spiro atoms. The molecule has 1 fully saturated rings. The number of fused-ring (bicyclic) bond motifs is 1. The first kappa shape index (κ1) is 13.0. The molecule has 2 aromatic rings. The van der Waals surface area contributed by atoms with Crippen molar-refractivity contribution in [2.24, 2.45) is 0 Å². The maximum absolute atomic E-state index is 5.59. The van der Waals surface area contributed by atoms with Gasteiger partial charge in [0.25, 0.3) is 0 Å². The Bertz CT molecular complexity index is 515. The van der Waals surface area contributed by atoms with Crippen molar-refractivity contribution < 1.29 is 4.74 Å². The summed E-state index contributed by atoms with van der Waals surface area (Å²) in [4.78, 5) is 4.70. The molecule has 1 unspecified atom stereocenters. The van der Waals surface area contributed by atoms with Crippen LogP contribution in [0, 0.1) is 0 Å². The molecule has 0 amide bonds. The van der Waals surface area contributed by atoms with Crippen LogP contribution in [0.15, 0.2) is 24.3 Å². The van der Waals surface area contributed by atoms with Gasteiger partial charge >= 0.3 is 0 Å². The summed E-state index contributed by atoms with van der Waals surface area (Å²) >= 11 is 1.79. The van der Waals surface area contributed by atoms with Gasteiger partial charge in [0.15, 0.2) is 0 Å². The number of hydrogen-bond acceptors (Lipinski definition) is 4. The summed E-state index contributed by atoms with van der Waals surface area (Å²) < 4.78 is 6.86. The summed E-state index contributed by atoms with van der Waals surface area (Å²) in [7, 11) is 0. The molecule has 0 aliphatic heterocycles. The molecular formula is C15H20N2OS. The number of benzene rings is 1. The molecule has 1 heterocycles. The molecule has 1 N–H and O–H groups in total. The van der Waals surface area contributed by atoms with E-state index in [0.717, 1.165) is 25.0 Å². The van der Waals surface area contributed by atoms with E-state index in [1.165, 1.54) is 9.71 Å². The van der Waals surface area contributed by atoms with Gasteiger partial charge in [0.2, 0.25) is 0 Å². The second kappa shape index (κ2) is 5.57. The molecule has 1 atom stereocenters. The van der Waals surface area contributed by atoms with Gasteiger partial charge in [-0.2, -0.15) is 0 Å². The van der Waals surface area contributed by atoms with E-state index in [2.05, 4.69) is 37.4 Å². The van der Waals surface area contributed by atoms with Gasteiger partial charge in [-0.15, -0.1) is 11.3 Å². The van der Waals surface area contributed by atoms with Crippen molar-refractivity contribution in [3.63, 3.8) is 0 Å². The zero-order chi connectivity index (χ0) is 13.2. The lowest BCUT2D eigenvalue weighted by Gasteiger charge is -2.37. The van der Waals surface area contributed by atoms with Crippen LogP contribution in [0.1, 0.15) is 37.7 Å². The van der Waals surface area contributed by atoms with Crippen LogP contribution in [-0.2, 0) is 4.74 Å². The van der Waals surface area contributed by atoms with Crippen molar-refractivity contribution in [3.8, 4) is 0 Å². The van der Waals surface area contributed by atoms with Crippen LogP contribution in [0.2, 0.25) is 0 Å². The van der Waals surface area contributed by atoms with Crippen molar-refractivity contribution in [2.45, 2.75) is 44.9 Å². The fraction of sp³-hybridized carbons (Fsp3) is 0.533.